The summed E-state index contributed by atoms with van der Waals surface area (Å²) < 4.78 is 13.6. The van der Waals surface area contributed by atoms with Crippen LogP contribution in [0.3, 0.4) is 0 Å². The van der Waals surface area contributed by atoms with Crippen LogP contribution >= 0.6 is 0 Å². The van der Waals surface area contributed by atoms with Crippen molar-refractivity contribution in [3.05, 3.63) is 58.9 Å². The van der Waals surface area contributed by atoms with Crippen LogP contribution in [0.5, 0.6) is 0 Å². The summed E-state index contributed by atoms with van der Waals surface area (Å²) in [6.07, 6.45) is 12.6. The third-order valence-corrected chi connectivity index (χ3v) is 5.12. The molecule has 1 unspecified atom stereocenters. The van der Waals surface area contributed by atoms with Gasteiger partial charge in [-0.3, -0.25) is 9.69 Å². The Morgan fingerprint density at radius 2 is 2.24 bits per heavy atom. The largest absolute Gasteiger partial charge is 0.352 e. The Morgan fingerprint density at radius 3 is 3.00 bits per heavy atom. The topological polar surface area (TPSA) is 32.3 Å². The van der Waals surface area contributed by atoms with Crippen molar-refractivity contribution in [3.63, 3.8) is 0 Å². The third-order valence-electron chi connectivity index (χ3n) is 5.12. The lowest BCUT2D eigenvalue weighted by molar-refractivity contribution is 0.0953. The first-order valence-electron chi connectivity index (χ1n) is 9.26. The van der Waals surface area contributed by atoms with Gasteiger partial charge in [0.1, 0.15) is 5.82 Å². The second-order valence-corrected chi connectivity index (χ2v) is 7.02. The summed E-state index contributed by atoms with van der Waals surface area (Å²) in [5.74, 6) is -0.541. The molecule has 1 aromatic carbocycles. The number of nitrogens with one attached hydrogen (secondary N) is 1. The van der Waals surface area contributed by atoms with E-state index in [9.17, 15) is 9.18 Å². The lowest BCUT2D eigenvalue weighted by Crippen LogP contribution is -2.39. The van der Waals surface area contributed by atoms with Gasteiger partial charge in [0.25, 0.3) is 5.91 Å². The SMILES string of the molecule is Cc1ccc(C(=O)NCCC2=CCCN(C3C=CCCC3)C2)cc1F. The average Bonchev–Trinajstić information content (AvgIpc) is 2.65. The maximum Gasteiger partial charge on any atom is 0.251 e. The average molecular weight is 342 g/mol. The van der Waals surface area contributed by atoms with E-state index in [-0.39, 0.29) is 11.7 Å². The lowest BCUT2D eigenvalue weighted by atomic mass is 9.98. The highest BCUT2D eigenvalue weighted by Gasteiger charge is 2.20. The van der Waals surface area contributed by atoms with E-state index in [0.29, 0.717) is 23.7 Å². The van der Waals surface area contributed by atoms with Crippen molar-refractivity contribution in [2.24, 2.45) is 0 Å². The quantitative estimate of drug-likeness (QED) is 0.821. The molecule has 0 saturated heterocycles. The van der Waals surface area contributed by atoms with E-state index in [2.05, 4.69) is 28.4 Å². The number of aryl methyl sites for hydroxylation is 1. The molecule has 3 nitrogen and oxygen atoms in total. The molecule has 3 rings (SSSR count). The summed E-state index contributed by atoms with van der Waals surface area (Å²) in [5.41, 5.74) is 2.33. The van der Waals surface area contributed by atoms with Gasteiger partial charge in [-0.2, -0.15) is 0 Å². The second kappa shape index (κ2) is 8.43. The van der Waals surface area contributed by atoms with Crippen LogP contribution in [-0.2, 0) is 0 Å². The first-order chi connectivity index (χ1) is 12.1. The number of benzene rings is 1. The molecule has 1 aromatic rings. The number of rotatable bonds is 5. The number of amides is 1. The molecule has 1 atom stereocenters. The zero-order valence-corrected chi connectivity index (χ0v) is 14.9. The van der Waals surface area contributed by atoms with E-state index in [0.717, 1.165) is 25.9 Å². The van der Waals surface area contributed by atoms with Gasteiger partial charge in [-0.05, 0) is 56.7 Å². The summed E-state index contributed by atoms with van der Waals surface area (Å²) >= 11 is 0. The fraction of sp³-hybridized carbons (Fsp3) is 0.476. The zero-order valence-electron chi connectivity index (χ0n) is 14.9. The molecule has 0 radical (unpaired) electrons. The number of carbonyl (C=O) groups is 1. The lowest BCUT2D eigenvalue weighted by Gasteiger charge is -2.34. The highest BCUT2D eigenvalue weighted by Crippen LogP contribution is 2.21. The number of carbonyl (C=O) groups excluding carboxylic acids is 1. The monoisotopic (exact) mass is 342 g/mol. The van der Waals surface area contributed by atoms with Crippen molar-refractivity contribution >= 4 is 5.91 Å². The molecule has 1 aliphatic carbocycles. The standard InChI is InChI=1S/C21H27FN2O/c1-16-9-10-18(14-20(16)22)21(25)23-12-11-17-6-5-13-24(15-17)19-7-3-2-4-8-19/h3,6-7,9-10,14,19H,2,4-5,8,11-13,15H2,1H3,(H,23,25). The maximum atomic E-state index is 13.6. The molecule has 1 heterocycles. The predicted molar refractivity (Wildman–Crippen MR) is 99.1 cm³/mol. The summed E-state index contributed by atoms with van der Waals surface area (Å²) in [6, 6.07) is 5.19. The van der Waals surface area contributed by atoms with Crippen molar-refractivity contribution in [2.45, 2.75) is 45.1 Å². The highest BCUT2D eigenvalue weighted by atomic mass is 19.1. The summed E-state index contributed by atoms with van der Waals surface area (Å²) in [6.45, 7) is 4.39. The van der Waals surface area contributed by atoms with Crippen LogP contribution in [0.25, 0.3) is 0 Å². The molecule has 1 amide bonds. The van der Waals surface area contributed by atoms with E-state index in [1.54, 1.807) is 19.1 Å². The minimum Gasteiger partial charge on any atom is -0.352 e. The number of halogens is 1. The number of nitrogens with zero attached hydrogens (tertiary/aromatic N) is 1. The van der Waals surface area contributed by atoms with Crippen molar-refractivity contribution in [1.82, 2.24) is 10.2 Å². The summed E-state index contributed by atoms with van der Waals surface area (Å²) in [4.78, 5) is 14.7. The highest BCUT2D eigenvalue weighted by molar-refractivity contribution is 5.94. The fourth-order valence-corrected chi connectivity index (χ4v) is 3.57. The Kier molecular flexibility index (Phi) is 6.03. The molecule has 2 aliphatic rings. The minimum absolute atomic E-state index is 0.206. The van der Waals surface area contributed by atoms with Gasteiger partial charge in [-0.1, -0.05) is 29.9 Å². The molecule has 0 spiro atoms. The van der Waals surface area contributed by atoms with E-state index in [1.165, 1.54) is 30.9 Å². The van der Waals surface area contributed by atoms with Gasteiger partial charge in [0, 0.05) is 31.2 Å². The molecule has 0 bridgehead atoms. The molecule has 134 valence electrons. The van der Waals surface area contributed by atoms with Crippen molar-refractivity contribution in [2.75, 3.05) is 19.6 Å². The second-order valence-electron chi connectivity index (χ2n) is 7.02. The zero-order chi connectivity index (χ0) is 17.6. The first kappa shape index (κ1) is 17.9. The molecular weight excluding hydrogens is 315 g/mol. The molecule has 25 heavy (non-hydrogen) atoms. The molecule has 1 N–H and O–H groups in total. The molecule has 0 aromatic heterocycles. The Labute approximate surface area is 149 Å². The Balaban J connectivity index is 1.47. The van der Waals surface area contributed by atoms with Gasteiger partial charge >= 0.3 is 0 Å². The smallest absolute Gasteiger partial charge is 0.251 e. The Hall–Kier alpha value is -1.94. The number of hydrogen-bond donors (Lipinski definition) is 1. The van der Waals surface area contributed by atoms with Gasteiger partial charge in [-0.15, -0.1) is 0 Å². The molecular formula is C21H27FN2O. The first-order valence-corrected chi connectivity index (χ1v) is 9.26. The van der Waals surface area contributed by atoms with Gasteiger partial charge in [0.15, 0.2) is 0 Å². The summed E-state index contributed by atoms with van der Waals surface area (Å²) in [5, 5.41) is 2.91. The van der Waals surface area contributed by atoms with E-state index in [1.807, 2.05) is 0 Å². The molecule has 4 heteroatoms. The van der Waals surface area contributed by atoms with Gasteiger partial charge in [-0.25, -0.2) is 4.39 Å². The van der Waals surface area contributed by atoms with Crippen molar-refractivity contribution < 1.29 is 9.18 Å². The Morgan fingerprint density at radius 1 is 1.36 bits per heavy atom. The van der Waals surface area contributed by atoms with E-state index >= 15 is 0 Å². The number of hydrogen-bond acceptors (Lipinski definition) is 2. The predicted octanol–water partition coefficient (Wildman–Crippen LogP) is 3.99. The van der Waals surface area contributed by atoms with Crippen LogP contribution in [0, 0.1) is 12.7 Å². The van der Waals surface area contributed by atoms with Gasteiger partial charge in [0.05, 0.1) is 0 Å². The van der Waals surface area contributed by atoms with Gasteiger partial charge in [0.2, 0.25) is 0 Å². The van der Waals surface area contributed by atoms with E-state index in [4.69, 9.17) is 0 Å². The van der Waals surface area contributed by atoms with Crippen molar-refractivity contribution in [1.29, 1.82) is 0 Å². The van der Waals surface area contributed by atoms with Crippen LogP contribution in [0.1, 0.15) is 48.0 Å². The normalized spacial score (nSPS) is 21.0. The molecule has 0 saturated carbocycles. The third kappa shape index (κ3) is 4.79. The van der Waals surface area contributed by atoms with Gasteiger partial charge < -0.3 is 5.32 Å². The van der Waals surface area contributed by atoms with Crippen LogP contribution in [0.2, 0.25) is 0 Å². The minimum atomic E-state index is -0.334. The number of allylic oxidation sites excluding steroid dienone is 1. The van der Waals surface area contributed by atoms with Crippen molar-refractivity contribution in [3.8, 4) is 0 Å². The van der Waals surface area contributed by atoms with Crippen LogP contribution in [0.15, 0.2) is 42.0 Å². The van der Waals surface area contributed by atoms with E-state index < -0.39 is 0 Å². The Bertz CT molecular complexity index is 680. The summed E-state index contributed by atoms with van der Waals surface area (Å²) in [7, 11) is 0. The maximum absolute atomic E-state index is 13.6. The van der Waals surface area contributed by atoms with Crippen LogP contribution in [0.4, 0.5) is 4.39 Å². The molecule has 0 fully saturated rings. The molecule has 1 aliphatic heterocycles. The fourth-order valence-electron chi connectivity index (χ4n) is 3.57. The van der Waals surface area contributed by atoms with Crippen LogP contribution < -0.4 is 5.32 Å². The van der Waals surface area contributed by atoms with Crippen LogP contribution in [-0.4, -0.2) is 36.5 Å².